The molecule has 0 amide bonds. The highest BCUT2D eigenvalue weighted by atomic mass is 32.2. The van der Waals surface area contributed by atoms with Crippen molar-refractivity contribution in [1.82, 2.24) is 0 Å². The van der Waals surface area contributed by atoms with Crippen molar-refractivity contribution in [1.29, 1.82) is 0 Å². The van der Waals surface area contributed by atoms with Gasteiger partial charge in [-0.3, -0.25) is 9.35 Å². The molecule has 0 spiro atoms. The van der Waals surface area contributed by atoms with E-state index in [0.29, 0.717) is 0 Å². The summed E-state index contributed by atoms with van der Waals surface area (Å²) in [6.45, 7) is 4.54. The quantitative estimate of drug-likeness (QED) is 0.388. The van der Waals surface area contributed by atoms with Crippen molar-refractivity contribution in [2.75, 3.05) is 0 Å². The summed E-state index contributed by atoms with van der Waals surface area (Å²) >= 11 is 0. The maximum Gasteiger partial charge on any atom is 0.275 e. The van der Waals surface area contributed by atoms with E-state index in [-0.39, 0.29) is 11.9 Å². The standard InChI is InChI=1S/C7H10O5S/c1-5(2)7(9)6(3-4-8)13(10,11)12/h4,6H,1,3H2,2H3,(H,10,11,12). The summed E-state index contributed by atoms with van der Waals surface area (Å²) in [6.07, 6.45) is -0.288. The van der Waals surface area contributed by atoms with Gasteiger partial charge in [-0.05, 0) is 12.5 Å². The first-order chi connectivity index (χ1) is 5.80. The number of carbonyl (C=O) groups excluding carboxylic acids is 2. The number of Topliss-reactive ketones (excluding diaryl/α,β-unsaturated/α-hetero) is 1. The number of hydrogen-bond acceptors (Lipinski definition) is 4. The highest BCUT2D eigenvalue weighted by Crippen LogP contribution is 2.08. The fourth-order valence-corrected chi connectivity index (χ4v) is 1.52. The van der Waals surface area contributed by atoms with E-state index in [4.69, 9.17) is 4.55 Å². The average molecular weight is 206 g/mol. The summed E-state index contributed by atoms with van der Waals surface area (Å²) < 4.78 is 29.8. The van der Waals surface area contributed by atoms with Gasteiger partial charge >= 0.3 is 0 Å². The molecule has 0 aromatic rings. The Hall–Kier alpha value is -1.01. The van der Waals surface area contributed by atoms with Crippen LogP contribution in [0.3, 0.4) is 0 Å². The zero-order valence-electron chi connectivity index (χ0n) is 7.06. The molecule has 0 rings (SSSR count). The van der Waals surface area contributed by atoms with Crippen LogP contribution >= 0.6 is 0 Å². The number of carbonyl (C=O) groups is 2. The molecule has 6 heteroatoms. The lowest BCUT2D eigenvalue weighted by molar-refractivity contribution is -0.117. The Kier molecular flexibility index (Phi) is 3.96. The minimum absolute atomic E-state index is 0.00975. The number of ketones is 1. The van der Waals surface area contributed by atoms with E-state index in [1.807, 2.05) is 0 Å². The summed E-state index contributed by atoms with van der Waals surface area (Å²) in [5.41, 5.74) is -0.00975. The number of rotatable bonds is 5. The first-order valence-electron chi connectivity index (χ1n) is 3.40. The van der Waals surface area contributed by atoms with Gasteiger partial charge in [0.25, 0.3) is 10.1 Å². The van der Waals surface area contributed by atoms with Gasteiger partial charge in [-0.2, -0.15) is 8.42 Å². The molecule has 1 N–H and O–H groups in total. The molecule has 74 valence electrons. The van der Waals surface area contributed by atoms with Gasteiger partial charge < -0.3 is 4.79 Å². The molecule has 13 heavy (non-hydrogen) atoms. The van der Waals surface area contributed by atoms with E-state index >= 15 is 0 Å². The van der Waals surface area contributed by atoms with Gasteiger partial charge in [0.1, 0.15) is 6.29 Å². The second kappa shape index (κ2) is 4.29. The third-order valence-electron chi connectivity index (χ3n) is 1.38. The largest absolute Gasteiger partial charge is 0.303 e. The Bertz CT molecular complexity index is 327. The number of allylic oxidation sites excluding steroid dienone is 1. The number of aldehydes is 1. The molecule has 0 aromatic carbocycles. The van der Waals surface area contributed by atoms with Crippen LogP contribution in [0.2, 0.25) is 0 Å². The van der Waals surface area contributed by atoms with Crippen molar-refractivity contribution in [3.63, 3.8) is 0 Å². The van der Waals surface area contributed by atoms with E-state index in [1.54, 1.807) is 0 Å². The molecule has 0 radical (unpaired) electrons. The summed E-state index contributed by atoms with van der Waals surface area (Å²) in [5, 5.41) is -1.71. The van der Waals surface area contributed by atoms with Crippen LogP contribution in [0.4, 0.5) is 0 Å². The van der Waals surface area contributed by atoms with Crippen LogP contribution in [0.1, 0.15) is 13.3 Å². The van der Waals surface area contributed by atoms with Gasteiger partial charge in [0.2, 0.25) is 0 Å². The molecule has 0 saturated carbocycles. The summed E-state index contributed by atoms with van der Waals surface area (Å²) in [6, 6.07) is 0. The van der Waals surface area contributed by atoms with Crippen molar-refractivity contribution in [3.8, 4) is 0 Å². The summed E-state index contributed by atoms with van der Waals surface area (Å²) in [5.74, 6) is -0.838. The highest BCUT2D eigenvalue weighted by Gasteiger charge is 2.30. The first kappa shape index (κ1) is 12.0. The lowest BCUT2D eigenvalue weighted by Crippen LogP contribution is -2.30. The third kappa shape index (κ3) is 3.47. The average Bonchev–Trinajstić information content (AvgIpc) is 1.96. The van der Waals surface area contributed by atoms with E-state index in [1.165, 1.54) is 6.92 Å². The summed E-state index contributed by atoms with van der Waals surface area (Å²) in [4.78, 5) is 21.1. The normalized spacial score (nSPS) is 13.4. The zero-order valence-corrected chi connectivity index (χ0v) is 7.87. The predicted octanol–water partition coefficient (Wildman–Crippen LogP) is -0.0230. The van der Waals surface area contributed by atoms with Crippen LogP contribution in [-0.2, 0) is 19.7 Å². The highest BCUT2D eigenvalue weighted by molar-refractivity contribution is 7.87. The van der Waals surface area contributed by atoms with E-state index in [9.17, 15) is 18.0 Å². The fraction of sp³-hybridized carbons (Fsp3) is 0.429. The molecule has 0 heterocycles. The molecular weight excluding hydrogens is 196 g/mol. The van der Waals surface area contributed by atoms with Crippen LogP contribution in [0, 0.1) is 0 Å². The Morgan fingerprint density at radius 2 is 2.08 bits per heavy atom. The van der Waals surface area contributed by atoms with Crippen molar-refractivity contribution in [2.45, 2.75) is 18.6 Å². The molecule has 0 aliphatic heterocycles. The molecule has 0 saturated heterocycles. The summed E-state index contributed by atoms with van der Waals surface area (Å²) in [7, 11) is -4.51. The fourth-order valence-electron chi connectivity index (χ4n) is 0.726. The lowest BCUT2D eigenvalue weighted by atomic mass is 10.1. The van der Waals surface area contributed by atoms with Crippen molar-refractivity contribution in [3.05, 3.63) is 12.2 Å². The number of hydrogen-bond donors (Lipinski definition) is 1. The minimum Gasteiger partial charge on any atom is -0.303 e. The predicted molar refractivity (Wildman–Crippen MR) is 45.8 cm³/mol. The molecule has 1 unspecified atom stereocenters. The maximum atomic E-state index is 11.1. The zero-order chi connectivity index (χ0) is 10.6. The van der Waals surface area contributed by atoms with Crippen LogP contribution in [-0.4, -0.2) is 30.3 Å². The first-order valence-corrected chi connectivity index (χ1v) is 4.90. The van der Waals surface area contributed by atoms with Crippen LogP contribution in [0.5, 0.6) is 0 Å². The Morgan fingerprint density at radius 1 is 1.62 bits per heavy atom. The van der Waals surface area contributed by atoms with Crippen LogP contribution < -0.4 is 0 Å². The Morgan fingerprint density at radius 3 is 2.31 bits per heavy atom. The van der Waals surface area contributed by atoms with Gasteiger partial charge in [-0.1, -0.05) is 6.58 Å². The molecule has 0 aliphatic carbocycles. The smallest absolute Gasteiger partial charge is 0.275 e. The van der Waals surface area contributed by atoms with Gasteiger partial charge in [-0.15, -0.1) is 0 Å². The van der Waals surface area contributed by atoms with Gasteiger partial charge in [0.05, 0.1) is 0 Å². The van der Waals surface area contributed by atoms with Gasteiger partial charge in [0, 0.05) is 6.42 Å². The van der Waals surface area contributed by atoms with Crippen molar-refractivity contribution in [2.24, 2.45) is 0 Å². The SMILES string of the molecule is C=C(C)C(=O)C(CC=O)S(=O)(=O)O. The Labute approximate surface area is 76.2 Å². The lowest BCUT2D eigenvalue weighted by Gasteiger charge is -2.08. The minimum atomic E-state index is -4.51. The van der Waals surface area contributed by atoms with Crippen LogP contribution in [0.25, 0.3) is 0 Å². The van der Waals surface area contributed by atoms with Crippen molar-refractivity contribution < 1.29 is 22.6 Å². The second-order valence-corrected chi connectivity index (χ2v) is 4.15. The molecule has 1 atom stereocenters. The topological polar surface area (TPSA) is 88.5 Å². The molecule has 5 nitrogen and oxygen atoms in total. The Balaban J connectivity index is 4.94. The van der Waals surface area contributed by atoms with E-state index < -0.39 is 27.6 Å². The van der Waals surface area contributed by atoms with Crippen molar-refractivity contribution >= 4 is 22.2 Å². The molecule has 0 fully saturated rings. The van der Waals surface area contributed by atoms with E-state index in [0.717, 1.165) is 0 Å². The van der Waals surface area contributed by atoms with E-state index in [2.05, 4.69) is 6.58 Å². The molecular formula is C7H10O5S. The van der Waals surface area contributed by atoms with Gasteiger partial charge in [0.15, 0.2) is 11.0 Å². The second-order valence-electron chi connectivity index (χ2n) is 2.55. The monoisotopic (exact) mass is 206 g/mol. The van der Waals surface area contributed by atoms with Gasteiger partial charge in [-0.25, -0.2) is 0 Å². The van der Waals surface area contributed by atoms with Crippen LogP contribution in [0.15, 0.2) is 12.2 Å². The maximum absolute atomic E-state index is 11.1. The third-order valence-corrected chi connectivity index (χ3v) is 2.51. The molecule has 0 aromatic heterocycles. The molecule has 0 bridgehead atoms. The molecule has 0 aliphatic rings.